The first-order chi connectivity index (χ1) is 18.3. The average molecular weight is 592 g/mol. The van der Waals surface area contributed by atoms with Crippen molar-refractivity contribution < 1.29 is 21.5 Å². The fraction of sp³-hybridized carbons (Fsp3) is 0.710. The Morgan fingerprint density at radius 2 is 1.21 bits per heavy atom. The van der Waals surface area contributed by atoms with Crippen LogP contribution < -0.4 is 37.5 Å². The molecule has 7 heteroatoms. The molecular formula is C31H55BrN6. The van der Waals surface area contributed by atoms with Gasteiger partial charge in [-0.2, -0.15) is 0 Å². The summed E-state index contributed by atoms with van der Waals surface area (Å²) in [7, 11) is 0. The second kappa shape index (κ2) is 21.6. The van der Waals surface area contributed by atoms with Gasteiger partial charge in [0.15, 0.2) is 0 Å². The number of aryl methyl sites for hydroxylation is 1. The van der Waals surface area contributed by atoms with E-state index in [-0.39, 0.29) is 17.0 Å². The predicted octanol–water partition coefficient (Wildman–Crippen LogP) is 1.33. The molecule has 38 heavy (non-hydrogen) atoms. The number of hydrogen-bond donors (Lipinski definition) is 3. The minimum atomic E-state index is 0. The van der Waals surface area contributed by atoms with Crippen molar-refractivity contribution in [2.45, 2.75) is 90.8 Å². The maximum Gasteiger partial charge on any atom is 0.244 e. The van der Waals surface area contributed by atoms with Gasteiger partial charge in [-0.15, -0.1) is 0 Å². The SMILES string of the molecule is CCCCCCCCCCCCn1cc[n+](Cc2ccc(CN3CCNCCNCCNCC3)cc2)c1.[Br-]. The Bertz CT molecular complexity index is 797. The number of hydrogen-bond acceptors (Lipinski definition) is 4. The molecule has 1 aliphatic rings. The molecule has 0 amide bonds. The number of aromatic nitrogens is 2. The summed E-state index contributed by atoms with van der Waals surface area (Å²) in [5.74, 6) is 0. The first-order valence-electron chi connectivity index (χ1n) is 15.3. The van der Waals surface area contributed by atoms with Crippen LogP contribution in [0.15, 0.2) is 43.0 Å². The molecule has 0 saturated carbocycles. The summed E-state index contributed by atoms with van der Waals surface area (Å²) in [5, 5.41) is 10.6. The number of unbranched alkanes of at least 4 members (excludes halogenated alkanes) is 9. The van der Waals surface area contributed by atoms with Crippen molar-refractivity contribution >= 4 is 0 Å². The second-order valence-corrected chi connectivity index (χ2v) is 10.8. The van der Waals surface area contributed by atoms with E-state index in [4.69, 9.17) is 0 Å². The fourth-order valence-corrected chi connectivity index (χ4v) is 5.14. The largest absolute Gasteiger partial charge is 1.00 e. The van der Waals surface area contributed by atoms with Crippen LogP contribution in [0.2, 0.25) is 0 Å². The summed E-state index contributed by atoms with van der Waals surface area (Å²) < 4.78 is 4.67. The van der Waals surface area contributed by atoms with Crippen molar-refractivity contribution in [1.82, 2.24) is 25.4 Å². The van der Waals surface area contributed by atoms with Crippen LogP contribution in [0.3, 0.4) is 0 Å². The van der Waals surface area contributed by atoms with Crippen molar-refractivity contribution in [3.8, 4) is 0 Å². The standard InChI is InChI=1S/C31H55N6.BrH/c1-2-3-4-5-6-7-8-9-10-11-22-36-25-26-37(29-36)28-31-14-12-30(13-15-31)27-35-23-20-33-18-16-32-17-19-34-21-24-35;/h12-15,25-26,29,32-34H,2-11,16-24,27-28H2,1H3;1H/q+1;/p-1. The molecule has 1 aliphatic heterocycles. The van der Waals surface area contributed by atoms with E-state index in [1.807, 2.05) is 0 Å². The molecule has 1 aromatic carbocycles. The second-order valence-electron chi connectivity index (χ2n) is 10.8. The molecule has 0 spiro atoms. The van der Waals surface area contributed by atoms with Crippen LogP contribution in [0.5, 0.6) is 0 Å². The third-order valence-electron chi connectivity index (χ3n) is 7.48. The molecule has 0 bridgehead atoms. The molecule has 0 radical (unpaired) electrons. The molecule has 1 aromatic heterocycles. The van der Waals surface area contributed by atoms with Crippen LogP contribution in [0.1, 0.15) is 82.3 Å². The van der Waals surface area contributed by atoms with Gasteiger partial charge >= 0.3 is 0 Å². The maximum absolute atomic E-state index is 3.56. The maximum atomic E-state index is 3.56. The topological polar surface area (TPSA) is 48.1 Å². The number of rotatable bonds is 15. The summed E-state index contributed by atoms with van der Waals surface area (Å²) in [6, 6.07) is 9.25. The molecule has 1 saturated heterocycles. The molecule has 216 valence electrons. The van der Waals surface area contributed by atoms with Crippen LogP contribution in [0.4, 0.5) is 0 Å². The molecule has 3 rings (SSSR count). The zero-order chi connectivity index (χ0) is 25.8. The van der Waals surface area contributed by atoms with E-state index < -0.39 is 0 Å². The Balaban J connectivity index is 0.00000507. The van der Waals surface area contributed by atoms with Crippen molar-refractivity contribution in [3.05, 3.63) is 54.1 Å². The quantitative estimate of drug-likeness (QED) is 0.216. The predicted molar refractivity (Wildman–Crippen MR) is 156 cm³/mol. The number of nitrogens with one attached hydrogen (secondary N) is 3. The normalized spacial score (nSPS) is 15.9. The lowest BCUT2D eigenvalue weighted by atomic mass is 10.1. The first-order valence-corrected chi connectivity index (χ1v) is 15.3. The molecule has 0 aliphatic carbocycles. The Kier molecular flexibility index (Phi) is 18.7. The van der Waals surface area contributed by atoms with Crippen molar-refractivity contribution in [3.63, 3.8) is 0 Å². The van der Waals surface area contributed by atoms with E-state index >= 15 is 0 Å². The Labute approximate surface area is 243 Å². The Morgan fingerprint density at radius 1 is 0.684 bits per heavy atom. The van der Waals surface area contributed by atoms with E-state index in [0.717, 1.165) is 72.0 Å². The van der Waals surface area contributed by atoms with Crippen molar-refractivity contribution in [2.24, 2.45) is 0 Å². The van der Waals surface area contributed by atoms with Gasteiger partial charge in [0.1, 0.15) is 18.9 Å². The van der Waals surface area contributed by atoms with E-state index in [1.165, 1.54) is 75.3 Å². The van der Waals surface area contributed by atoms with Gasteiger partial charge in [-0.3, -0.25) is 4.90 Å². The van der Waals surface area contributed by atoms with Crippen LogP contribution in [-0.4, -0.2) is 61.8 Å². The monoisotopic (exact) mass is 590 g/mol. The summed E-state index contributed by atoms with van der Waals surface area (Å²) in [4.78, 5) is 2.56. The smallest absolute Gasteiger partial charge is 0.244 e. The van der Waals surface area contributed by atoms with E-state index in [9.17, 15) is 0 Å². The van der Waals surface area contributed by atoms with Crippen molar-refractivity contribution in [1.29, 1.82) is 0 Å². The molecule has 3 N–H and O–H groups in total. The van der Waals surface area contributed by atoms with Crippen LogP contribution in [-0.2, 0) is 19.6 Å². The first kappa shape index (κ1) is 33.0. The van der Waals surface area contributed by atoms with Crippen LogP contribution in [0.25, 0.3) is 0 Å². The zero-order valence-corrected chi connectivity index (χ0v) is 25.7. The minimum Gasteiger partial charge on any atom is -1.00 e. The Hall–Kier alpha value is -1.25. The van der Waals surface area contributed by atoms with Crippen LogP contribution >= 0.6 is 0 Å². The fourth-order valence-electron chi connectivity index (χ4n) is 5.14. The van der Waals surface area contributed by atoms with E-state index in [1.54, 1.807) is 0 Å². The number of benzene rings is 1. The number of nitrogens with zero attached hydrogens (tertiary/aromatic N) is 3. The van der Waals surface area contributed by atoms with Gasteiger partial charge in [0, 0.05) is 58.9 Å². The van der Waals surface area contributed by atoms with E-state index in [2.05, 4.69) is 79.9 Å². The highest BCUT2D eigenvalue weighted by Gasteiger charge is 2.08. The number of halogens is 1. The third kappa shape index (κ3) is 14.8. The summed E-state index contributed by atoms with van der Waals surface area (Å²) in [6.45, 7) is 13.8. The lowest BCUT2D eigenvalue weighted by Gasteiger charge is -2.24. The molecular weight excluding hydrogens is 536 g/mol. The molecule has 0 atom stereocenters. The molecule has 0 unspecified atom stereocenters. The van der Waals surface area contributed by atoms with Gasteiger partial charge in [-0.25, -0.2) is 9.13 Å². The van der Waals surface area contributed by atoms with Gasteiger partial charge in [-0.05, 0) is 24.0 Å². The summed E-state index contributed by atoms with van der Waals surface area (Å²) in [6.07, 6.45) is 20.7. The third-order valence-corrected chi connectivity index (χ3v) is 7.48. The minimum absolute atomic E-state index is 0. The van der Waals surface area contributed by atoms with Gasteiger partial charge in [0.05, 0.1) is 6.54 Å². The summed E-state index contributed by atoms with van der Waals surface area (Å²) >= 11 is 0. The highest BCUT2D eigenvalue weighted by atomic mass is 79.9. The average Bonchev–Trinajstić information content (AvgIpc) is 3.35. The lowest BCUT2D eigenvalue weighted by molar-refractivity contribution is -0.687. The molecule has 2 heterocycles. The highest BCUT2D eigenvalue weighted by molar-refractivity contribution is 5.21. The van der Waals surface area contributed by atoms with Crippen LogP contribution in [0, 0.1) is 0 Å². The van der Waals surface area contributed by atoms with Gasteiger partial charge in [0.25, 0.3) is 0 Å². The zero-order valence-electron chi connectivity index (χ0n) is 24.1. The molecule has 1 fully saturated rings. The van der Waals surface area contributed by atoms with Gasteiger partial charge in [0.2, 0.25) is 6.33 Å². The van der Waals surface area contributed by atoms with Crippen molar-refractivity contribution in [2.75, 3.05) is 52.4 Å². The highest BCUT2D eigenvalue weighted by Crippen LogP contribution is 2.11. The molecule has 6 nitrogen and oxygen atoms in total. The van der Waals surface area contributed by atoms with Gasteiger partial charge < -0.3 is 32.9 Å². The van der Waals surface area contributed by atoms with Gasteiger partial charge in [-0.1, -0.05) is 82.6 Å². The lowest BCUT2D eigenvalue weighted by Crippen LogP contribution is -3.00. The van der Waals surface area contributed by atoms with E-state index in [0.29, 0.717) is 0 Å². The molecule has 2 aromatic rings. The summed E-state index contributed by atoms with van der Waals surface area (Å²) in [5.41, 5.74) is 2.77. The number of imidazole rings is 1. The Morgan fingerprint density at radius 3 is 1.82 bits per heavy atom.